The molecule has 0 saturated heterocycles. The molecule has 0 amide bonds. The van der Waals surface area contributed by atoms with E-state index < -0.39 is 5.60 Å². The summed E-state index contributed by atoms with van der Waals surface area (Å²) in [5, 5.41) is 0. The van der Waals surface area contributed by atoms with Gasteiger partial charge in [-0.05, 0) is 56.2 Å². The Balaban J connectivity index is 1.92. The van der Waals surface area contributed by atoms with Gasteiger partial charge in [0.15, 0.2) is 0 Å². The standard InChI is InChI=1S/C24H25NO3/c1-24(2,3)28-23(26)25-17-7-10-22(25)21-9-6-5-8-19(21)14-11-18-12-15-20(27-4)16-13-18/h5-17H,1-4H3/b14-11+. The molecule has 0 bridgehead atoms. The van der Waals surface area contributed by atoms with Crippen molar-refractivity contribution in [2.75, 3.05) is 7.11 Å². The summed E-state index contributed by atoms with van der Waals surface area (Å²) in [4.78, 5) is 12.6. The summed E-state index contributed by atoms with van der Waals surface area (Å²) in [5.41, 5.74) is 3.29. The van der Waals surface area contributed by atoms with Gasteiger partial charge < -0.3 is 9.47 Å². The van der Waals surface area contributed by atoms with Crippen LogP contribution in [0.15, 0.2) is 66.9 Å². The SMILES string of the molecule is COc1ccc(/C=C/c2ccccc2-c2cccn2C(=O)OC(C)(C)C)cc1. The molecule has 0 fully saturated rings. The van der Waals surface area contributed by atoms with E-state index in [-0.39, 0.29) is 6.09 Å². The minimum atomic E-state index is -0.549. The lowest BCUT2D eigenvalue weighted by Crippen LogP contribution is -2.27. The summed E-state index contributed by atoms with van der Waals surface area (Å²) >= 11 is 0. The third-order valence-corrected chi connectivity index (χ3v) is 4.15. The first-order chi connectivity index (χ1) is 13.4. The zero-order valence-electron chi connectivity index (χ0n) is 16.7. The number of hydrogen-bond donors (Lipinski definition) is 0. The first-order valence-electron chi connectivity index (χ1n) is 9.19. The number of methoxy groups -OCH3 is 1. The van der Waals surface area contributed by atoms with Crippen LogP contribution in [0.2, 0.25) is 0 Å². The van der Waals surface area contributed by atoms with Crippen molar-refractivity contribution in [2.45, 2.75) is 26.4 Å². The molecule has 2 aromatic carbocycles. The summed E-state index contributed by atoms with van der Waals surface area (Å²) in [5.74, 6) is 0.827. The summed E-state index contributed by atoms with van der Waals surface area (Å²) in [6.45, 7) is 5.58. The fraction of sp³-hybridized carbons (Fsp3) is 0.208. The molecular weight excluding hydrogens is 350 g/mol. The third-order valence-electron chi connectivity index (χ3n) is 4.15. The van der Waals surface area contributed by atoms with E-state index in [4.69, 9.17) is 9.47 Å². The molecule has 0 radical (unpaired) electrons. The van der Waals surface area contributed by atoms with Gasteiger partial charge in [-0.25, -0.2) is 4.79 Å². The lowest BCUT2D eigenvalue weighted by molar-refractivity contribution is 0.0540. The van der Waals surface area contributed by atoms with Gasteiger partial charge in [-0.15, -0.1) is 0 Å². The second kappa shape index (κ2) is 8.17. The van der Waals surface area contributed by atoms with Crippen LogP contribution in [-0.4, -0.2) is 23.4 Å². The van der Waals surface area contributed by atoms with Crippen molar-refractivity contribution >= 4 is 18.2 Å². The zero-order valence-corrected chi connectivity index (χ0v) is 16.7. The number of benzene rings is 2. The van der Waals surface area contributed by atoms with Gasteiger partial charge in [0, 0.05) is 11.8 Å². The van der Waals surface area contributed by atoms with E-state index in [9.17, 15) is 4.79 Å². The van der Waals surface area contributed by atoms with E-state index in [1.807, 2.05) is 93.6 Å². The number of carbonyl (C=O) groups excluding carboxylic acids is 1. The lowest BCUT2D eigenvalue weighted by atomic mass is 10.0. The molecule has 1 heterocycles. The molecule has 4 nitrogen and oxygen atoms in total. The topological polar surface area (TPSA) is 40.5 Å². The Bertz CT molecular complexity index is 976. The van der Waals surface area contributed by atoms with E-state index in [1.54, 1.807) is 17.9 Å². The van der Waals surface area contributed by atoms with Gasteiger partial charge in [0.1, 0.15) is 11.4 Å². The van der Waals surface area contributed by atoms with E-state index in [0.29, 0.717) is 0 Å². The maximum atomic E-state index is 12.6. The number of ether oxygens (including phenoxy) is 2. The lowest BCUT2D eigenvalue weighted by Gasteiger charge is -2.20. The molecule has 28 heavy (non-hydrogen) atoms. The van der Waals surface area contributed by atoms with Crippen molar-refractivity contribution in [3.8, 4) is 17.0 Å². The first kappa shape index (κ1) is 19.5. The second-order valence-electron chi connectivity index (χ2n) is 7.44. The van der Waals surface area contributed by atoms with E-state index in [2.05, 4.69) is 0 Å². The highest BCUT2D eigenvalue weighted by molar-refractivity contribution is 5.84. The zero-order chi connectivity index (χ0) is 20.1. The van der Waals surface area contributed by atoms with Crippen LogP contribution in [0, 0.1) is 0 Å². The van der Waals surface area contributed by atoms with Crippen LogP contribution in [0.4, 0.5) is 4.79 Å². The van der Waals surface area contributed by atoms with Crippen molar-refractivity contribution in [1.29, 1.82) is 0 Å². The van der Waals surface area contributed by atoms with Gasteiger partial charge in [0.25, 0.3) is 0 Å². The molecule has 0 N–H and O–H groups in total. The predicted octanol–water partition coefficient (Wildman–Crippen LogP) is 6.12. The molecule has 4 heteroatoms. The Morgan fingerprint density at radius 3 is 2.32 bits per heavy atom. The first-order valence-corrected chi connectivity index (χ1v) is 9.19. The second-order valence-corrected chi connectivity index (χ2v) is 7.44. The maximum Gasteiger partial charge on any atom is 0.418 e. The minimum Gasteiger partial charge on any atom is -0.497 e. The highest BCUT2D eigenvalue weighted by atomic mass is 16.6. The Labute approximate surface area is 166 Å². The Kier molecular flexibility index (Phi) is 5.69. The number of nitrogens with zero attached hydrogens (tertiary/aromatic N) is 1. The normalized spacial score (nSPS) is 11.6. The van der Waals surface area contributed by atoms with Crippen molar-refractivity contribution < 1.29 is 14.3 Å². The molecule has 144 valence electrons. The van der Waals surface area contributed by atoms with Crippen LogP contribution < -0.4 is 4.74 Å². The van der Waals surface area contributed by atoms with Gasteiger partial charge in [0.05, 0.1) is 12.8 Å². The van der Waals surface area contributed by atoms with E-state index >= 15 is 0 Å². The summed E-state index contributed by atoms with van der Waals surface area (Å²) in [6.07, 6.45) is 5.43. The number of carbonyl (C=O) groups is 1. The van der Waals surface area contributed by atoms with Crippen molar-refractivity contribution in [2.24, 2.45) is 0 Å². The maximum absolute atomic E-state index is 12.6. The van der Waals surface area contributed by atoms with Crippen LogP contribution in [0.5, 0.6) is 5.75 Å². The molecule has 1 aromatic heterocycles. The van der Waals surface area contributed by atoms with Gasteiger partial charge in [-0.3, -0.25) is 4.57 Å². The molecule has 0 spiro atoms. The fourth-order valence-corrected chi connectivity index (χ4v) is 2.85. The van der Waals surface area contributed by atoms with Crippen molar-refractivity contribution in [3.05, 3.63) is 78.0 Å². The largest absolute Gasteiger partial charge is 0.497 e. The van der Waals surface area contributed by atoms with Crippen LogP contribution in [0.3, 0.4) is 0 Å². The highest BCUT2D eigenvalue weighted by Gasteiger charge is 2.20. The number of hydrogen-bond acceptors (Lipinski definition) is 3. The average Bonchev–Trinajstić information content (AvgIpc) is 3.15. The number of rotatable bonds is 4. The van der Waals surface area contributed by atoms with Crippen LogP contribution >= 0.6 is 0 Å². The van der Waals surface area contributed by atoms with E-state index in [0.717, 1.165) is 28.1 Å². The Morgan fingerprint density at radius 2 is 1.64 bits per heavy atom. The van der Waals surface area contributed by atoms with Crippen LogP contribution in [0.1, 0.15) is 31.9 Å². The monoisotopic (exact) mass is 375 g/mol. The molecular formula is C24H25NO3. The molecule has 0 aliphatic carbocycles. The summed E-state index contributed by atoms with van der Waals surface area (Å²) < 4.78 is 12.3. The smallest absolute Gasteiger partial charge is 0.418 e. The molecule has 0 unspecified atom stereocenters. The van der Waals surface area contributed by atoms with Crippen LogP contribution in [0.25, 0.3) is 23.4 Å². The minimum absolute atomic E-state index is 0.388. The molecule has 3 aromatic rings. The Hall–Kier alpha value is -3.27. The Morgan fingerprint density at radius 1 is 0.929 bits per heavy atom. The summed E-state index contributed by atoms with van der Waals surface area (Å²) in [6, 6.07) is 19.6. The van der Waals surface area contributed by atoms with Crippen LogP contribution in [-0.2, 0) is 4.74 Å². The van der Waals surface area contributed by atoms with Gasteiger partial charge in [-0.2, -0.15) is 0 Å². The molecule has 0 aliphatic heterocycles. The average molecular weight is 375 g/mol. The number of aromatic nitrogens is 1. The fourth-order valence-electron chi connectivity index (χ4n) is 2.85. The summed E-state index contributed by atoms with van der Waals surface area (Å²) in [7, 11) is 1.65. The third kappa shape index (κ3) is 4.71. The van der Waals surface area contributed by atoms with Gasteiger partial charge >= 0.3 is 6.09 Å². The molecule has 0 aliphatic rings. The molecule has 3 rings (SSSR count). The quantitative estimate of drug-likeness (QED) is 0.516. The van der Waals surface area contributed by atoms with Crippen molar-refractivity contribution in [3.63, 3.8) is 0 Å². The molecule has 0 atom stereocenters. The predicted molar refractivity (Wildman–Crippen MR) is 113 cm³/mol. The van der Waals surface area contributed by atoms with Gasteiger partial charge in [-0.1, -0.05) is 48.6 Å². The van der Waals surface area contributed by atoms with Crippen molar-refractivity contribution in [1.82, 2.24) is 4.57 Å². The van der Waals surface area contributed by atoms with E-state index in [1.165, 1.54) is 0 Å². The highest BCUT2D eigenvalue weighted by Crippen LogP contribution is 2.27. The molecule has 0 saturated carbocycles. The van der Waals surface area contributed by atoms with Gasteiger partial charge in [0.2, 0.25) is 0 Å².